The third-order valence-electron chi connectivity index (χ3n) is 27.0. The van der Waals surface area contributed by atoms with E-state index >= 15 is 0 Å². The molecule has 600 valence electrons. The Morgan fingerprint density at radius 1 is 0.509 bits per heavy atom. The molecule has 34 atom stereocenters. The molecule has 6 heterocycles. The number of ketones is 2. The molecular formula is C84H134N2O20. The summed E-state index contributed by atoms with van der Waals surface area (Å²) in [5, 5.41) is 22.0. The van der Waals surface area contributed by atoms with Crippen molar-refractivity contribution in [2.24, 2.45) is 71.0 Å². The number of esters is 2. The molecule has 22 heteroatoms. The zero-order valence-electron chi connectivity index (χ0n) is 66.8. The van der Waals surface area contributed by atoms with Gasteiger partial charge in [0.1, 0.15) is 48.8 Å². The van der Waals surface area contributed by atoms with Crippen LogP contribution < -0.4 is 0 Å². The highest BCUT2D eigenvalue weighted by atomic mass is 16.7. The van der Waals surface area contributed by atoms with Crippen molar-refractivity contribution in [3.63, 3.8) is 0 Å². The molecule has 0 spiro atoms. The van der Waals surface area contributed by atoms with E-state index in [9.17, 15) is 29.4 Å². The molecule has 12 aliphatic rings. The Morgan fingerprint density at radius 2 is 1.03 bits per heavy atom. The largest absolute Gasteiger partial charge is 0.462 e. The monoisotopic (exact) mass is 1490 g/mol. The third-order valence-corrected chi connectivity index (χ3v) is 27.0. The highest BCUT2D eigenvalue weighted by molar-refractivity contribution is 5.99. The summed E-state index contributed by atoms with van der Waals surface area (Å²) in [4.78, 5) is 61.2. The smallest absolute Gasteiger partial charge is 0.307 e. The second-order valence-corrected chi connectivity index (χ2v) is 34.0. The van der Waals surface area contributed by atoms with E-state index in [1.807, 2.05) is 33.8 Å². The maximum absolute atomic E-state index is 14.7. The molecular weight excluding hydrogens is 1360 g/mol. The van der Waals surface area contributed by atoms with Gasteiger partial charge in [0.15, 0.2) is 36.7 Å². The Hall–Kier alpha value is -3.40. The summed E-state index contributed by atoms with van der Waals surface area (Å²) in [5.74, 6) is 0.306. The Labute approximate surface area is 633 Å². The van der Waals surface area contributed by atoms with Crippen molar-refractivity contribution in [1.29, 1.82) is 0 Å². The normalized spacial score (nSPS) is 45.3. The molecule has 9 fully saturated rings. The van der Waals surface area contributed by atoms with Crippen LogP contribution >= 0.6 is 0 Å². The summed E-state index contributed by atoms with van der Waals surface area (Å²) in [6.07, 6.45) is 22.4. The van der Waals surface area contributed by atoms with Crippen LogP contribution in [0, 0.1) is 71.0 Å². The number of likely N-dealkylation sites (N-methyl/N-ethyl adjacent to an activating group) is 2. The SMILES string of the molecule is CC/C=C/[C@H]1CCC[C@H](OC2CC[C@H](N(C)C)[C@@H](C)O2)[C@@H](C)C(=O)C2=CC3C(C=CC4C[C@@H](O[C@@H]5O[C@@H](C)[C@H](OC)[C@@H](O)[C@H]5OC)CC43)C2CC(=O)O1.CCCC[C@H]1CCC[C@H](OC2CC[C@H](N(C)C)[C@@H](C)O2)[C@@H](C)C(=O)C2=CC3C4C[C@H](O[C@@H]5O[C@@H](C)[C@H](OC)[C@@H](O)[C@H]5OC)CC4CCC3C2CC(=O)O1. The lowest BCUT2D eigenvalue weighted by Crippen LogP contribution is -2.59. The number of hydrogen-bond donors (Lipinski definition) is 2. The first-order valence-corrected chi connectivity index (χ1v) is 41.2. The van der Waals surface area contributed by atoms with Crippen molar-refractivity contribution in [2.75, 3.05) is 56.6 Å². The Bertz CT molecular complexity index is 3000. The van der Waals surface area contributed by atoms with Gasteiger partial charge in [-0.1, -0.05) is 70.9 Å². The van der Waals surface area contributed by atoms with Crippen LogP contribution in [0.3, 0.4) is 0 Å². The van der Waals surface area contributed by atoms with Crippen LogP contribution in [0.5, 0.6) is 0 Å². The van der Waals surface area contributed by atoms with Gasteiger partial charge in [0.25, 0.3) is 0 Å². The Balaban J connectivity index is 0.000000212. The van der Waals surface area contributed by atoms with Gasteiger partial charge < -0.3 is 86.3 Å². The lowest BCUT2D eigenvalue weighted by Gasteiger charge is -2.42. The molecule has 0 aromatic carbocycles. The van der Waals surface area contributed by atoms with E-state index in [-0.39, 0.29) is 163 Å². The van der Waals surface area contributed by atoms with E-state index in [4.69, 9.17) is 66.3 Å². The number of fused-ring (bicyclic) bond motifs is 10. The zero-order chi connectivity index (χ0) is 75.9. The standard InChI is InChI=1S/C42H69NO10.C42H65NO10/c2*1-9-10-12-27-13-11-14-35(53-37-18-17-34(43(5)6)24(3)49-37)23(2)38(45)33-21-31-29(32(33)22-36(44)51-27)16-15-26-19-28(20-30(26)31)52-42-41(48-8)39(46)40(47-7)25(4)50-42/h21,23-32,34-35,37,39-42,46H,9-20,22H2,1-8H3;10,12,15-16,21,23-32,34-35,37,39-42,46H,9,11,13-14,17-20,22H2,1-8H3/b;12-10+/t2*23-,24-,25+,26?,27+,28-,29?,30?,31?,32?,34+,35+,37?,39-,40+,41-,42+/m11/s1. The van der Waals surface area contributed by atoms with Crippen molar-refractivity contribution >= 4 is 23.5 Å². The number of aliphatic hydroxyl groups is 2. The summed E-state index contributed by atoms with van der Waals surface area (Å²) in [6, 6.07) is 0.664. The van der Waals surface area contributed by atoms with Gasteiger partial charge in [-0.3, -0.25) is 19.2 Å². The minimum absolute atomic E-state index is 0.00750. The molecule has 0 radical (unpaired) electrons. The van der Waals surface area contributed by atoms with Gasteiger partial charge in [-0.2, -0.15) is 0 Å². The third kappa shape index (κ3) is 19.1. The fourth-order valence-corrected chi connectivity index (χ4v) is 21.3. The number of methoxy groups -OCH3 is 4. The number of carbonyl (C=O) groups excluding carboxylic acids is 4. The molecule has 6 aliphatic heterocycles. The van der Waals surface area contributed by atoms with Crippen LogP contribution in [0.2, 0.25) is 0 Å². The molecule has 12 rings (SSSR count). The molecule has 2 N–H and O–H groups in total. The molecule has 6 saturated heterocycles. The van der Waals surface area contributed by atoms with E-state index in [0.717, 1.165) is 127 Å². The highest BCUT2D eigenvalue weighted by Crippen LogP contribution is 2.58. The number of unbranched alkanes of at least 4 members (excludes halogenated alkanes) is 1. The highest BCUT2D eigenvalue weighted by Gasteiger charge is 2.56. The number of nitrogens with zero attached hydrogens (tertiary/aromatic N) is 2. The molecule has 12 unspecified atom stereocenters. The number of aliphatic hydroxyl groups excluding tert-OH is 2. The second-order valence-electron chi connectivity index (χ2n) is 34.0. The fraction of sp³-hybridized carbons (Fsp3) is 0.857. The van der Waals surface area contributed by atoms with Gasteiger partial charge in [0.2, 0.25) is 0 Å². The number of hydrogen-bond acceptors (Lipinski definition) is 22. The number of allylic oxidation sites excluding steroid dienone is 7. The first kappa shape index (κ1) is 83.5. The maximum Gasteiger partial charge on any atom is 0.307 e. The van der Waals surface area contributed by atoms with E-state index in [1.165, 1.54) is 0 Å². The Morgan fingerprint density at radius 3 is 1.57 bits per heavy atom. The molecule has 22 nitrogen and oxygen atoms in total. The first-order chi connectivity index (χ1) is 50.9. The van der Waals surface area contributed by atoms with Gasteiger partial charge in [-0.15, -0.1) is 0 Å². The average molecular weight is 1490 g/mol. The van der Waals surface area contributed by atoms with Gasteiger partial charge in [-0.05, 0) is 236 Å². The van der Waals surface area contributed by atoms with Gasteiger partial charge in [0, 0.05) is 64.2 Å². The summed E-state index contributed by atoms with van der Waals surface area (Å²) in [5.41, 5.74) is 1.54. The van der Waals surface area contributed by atoms with Crippen LogP contribution in [0.4, 0.5) is 0 Å². The molecule has 0 aromatic heterocycles. The van der Waals surface area contributed by atoms with Crippen molar-refractivity contribution in [1.82, 2.24) is 9.80 Å². The first-order valence-electron chi connectivity index (χ1n) is 41.2. The number of Topliss-reactive ketones (excluding diaryl/α,β-unsaturated/α-hetero) is 2. The molecule has 6 aliphatic carbocycles. The summed E-state index contributed by atoms with van der Waals surface area (Å²) >= 11 is 0. The second kappa shape index (κ2) is 38.0. The van der Waals surface area contributed by atoms with Gasteiger partial charge >= 0.3 is 11.9 Å². The minimum atomic E-state index is -0.885. The predicted molar refractivity (Wildman–Crippen MR) is 397 cm³/mol. The van der Waals surface area contributed by atoms with Crippen molar-refractivity contribution < 1.29 is 95.7 Å². The molecule has 0 amide bonds. The summed E-state index contributed by atoms with van der Waals surface area (Å²) < 4.78 is 86.5. The van der Waals surface area contributed by atoms with Crippen molar-refractivity contribution in [3.8, 4) is 0 Å². The van der Waals surface area contributed by atoms with Gasteiger partial charge in [-0.25, -0.2) is 0 Å². The zero-order valence-corrected chi connectivity index (χ0v) is 66.8. The lowest BCUT2D eigenvalue weighted by molar-refractivity contribution is -0.311. The lowest BCUT2D eigenvalue weighted by atomic mass is 9.66. The van der Waals surface area contributed by atoms with E-state index in [0.29, 0.717) is 36.8 Å². The molecule has 3 saturated carbocycles. The summed E-state index contributed by atoms with van der Waals surface area (Å²) in [7, 11) is 14.6. The topological polar surface area (TPSA) is 244 Å². The van der Waals surface area contributed by atoms with Crippen LogP contribution in [-0.2, 0) is 85.5 Å². The minimum Gasteiger partial charge on any atom is -0.462 e. The molecule has 0 bridgehead atoms. The molecule has 106 heavy (non-hydrogen) atoms. The van der Waals surface area contributed by atoms with Gasteiger partial charge in [0.05, 0.1) is 61.7 Å². The maximum atomic E-state index is 14.7. The van der Waals surface area contributed by atoms with Crippen LogP contribution in [0.25, 0.3) is 0 Å². The Kier molecular flexibility index (Phi) is 29.9. The van der Waals surface area contributed by atoms with Crippen molar-refractivity contribution in [3.05, 3.63) is 47.6 Å². The van der Waals surface area contributed by atoms with E-state index in [2.05, 4.69) is 96.1 Å². The van der Waals surface area contributed by atoms with Crippen LogP contribution in [-0.4, -0.2) is 235 Å². The number of carbonyl (C=O) groups is 4. The number of rotatable bonds is 19. The van der Waals surface area contributed by atoms with Crippen molar-refractivity contribution in [2.45, 2.75) is 332 Å². The van der Waals surface area contributed by atoms with Crippen LogP contribution in [0.15, 0.2) is 47.6 Å². The number of cyclic esters (lactones) is 2. The molecule has 0 aromatic rings. The van der Waals surface area contributed by atoms with E-state index in [1.54, 1.807) is 28.4 Å². The van der Waals surface area contributed by atoms with E-state index < -0.39 is 55.1 Å². The number of ether oxygens (including phenoxy) is 14. The average Bonchev–Trinajstić information content (AvgIpc) is 1.60. The predicted octanol–water partition coefficient (Wildman–Crippen LogP) is 11.2. The van der Waals surface area contributed by atoms with Crippen LogP contribution in [0.1, 0.15) is 197 Å². The summed E-state index contributed by atoms with van der Waals surface area (Å²) in [6.45, 7) is 16.2. The fourth-order valence-electron chi connectivity index (χ4n) is 21.3. The quantitative estimate of drug-likeness (QED) is 0.0901.